The van der Waals surface area contributed by atoms with Crippen molar-refractivity contribution < 1.29 is 4.74 Å². The molecule has 0 spiro atoms. The first-order chi connectivity index (χ1) is 9.60. The number of ether oxygens (including phenoxy) is 1. The molecular weight excluding hydrogens is 320 g/mol. The molecule has 0 amide bonds. The van der Waals surface area contributed by atoms with E-state index in [4.69, 9.17) is 10.5 Å². The first-order valence-electron chi connectivity index (χ1n) is 6.63. The quantitative estimate of drug-likeness (QED) is 0.878. The first-order valence-corrected chi connectivity index (χ1v) is 7.43. The van der Waals surface area contributed by atoms with Crippen LogP contribution in [0.5, 0.6) is 5.75 Å². The summed E-state index contributed by atoms with van der Waals surface area (Å²) in [5.74, 6) is 1.64. The second-order valence-electron chi connectivity index (χ2n) is 4.72. The fourth-order valence-corrected chi connectivity index (χ4v) is 2.36. The van der Waals surface area contributed by atoms with E-state index in [0.717, 1.165) is 34.6 Å². The Morgan fingerprint density at radius 3 is 2.95 bits per heavy atom. The maximum absolute atomic E-state index is 5.85. The van der Waals surface area contributed by atoms with Crippen molar-refractivity contribution in [3.05, 3.63) is 40.4 Å². The predicted molar refractivity (Wildman–Crippen MR) is 81.5 cm³/mol. The van der Waals surface area contributed by atoms with E-state index >= 15 is 0 Å². The van der Waals surface area contributed by atoms with Crippen molar-refractivity contribution in [1.29, 1.82) is 0 Å². The van der Waals surface area contributed by atoms with Crippen LogP contribution in [-0.2, 0) is 19.6 Å². The number of aryl methyl sites for hydroxylation is 1. The molecule has 2 rings (SSSR count). The van der Waals surface area contributed by atoms with E-state index in [1.54, 1.807) is 6.33 Å². The van der Waals surface area contributed by atoms with E-state index in [1.165, 1.54) is 0 Å². The van der Waals surface area contributed by atoms with Crippen LogP contribution in [0.2, 0.25) is 0 Å². The summed E-state index contributed by atoms with van der Waals surface area (Å²) in [7, 11) is 0. The van der Waals surface area contributed by atoms with E-state index in [2.05, 4.69) is 26.0 Å². The Morgan fingerprint density at radius 2 is 2.25 bits per heavy atom. The highest BCUT2D eigenvalue weighted by Crippen LogP contribution is 2.24. The van der Waals surface area contributed by atoms with Crippen LogP contribution in [0.1, 0.15) is 25.2 Å². The summed E-state index contributed by atoms with van der Waals surface area (Å²) in [5.41, 5.74) is 7.00. The zero-order valence-electron chi connectivity index (χ0n) is 11.7. The van der Waals surface area contributed by atoms with Crippen molar-refractivity contribution in [3.8, 4) is 5.75 Å². The van der Waals surface area contributed by atoms with Crippen LogP contribution in [0.15, 0.2) is 29.0 Å². The first kappa shape index (κ1) is 15.0. The topological polar surface area (TPSA) is 66.0 Å². The van der Waals surface area contributed by atoms with E-state index in [-0.39, 0.29) is 6.04 Å². The number of rotatable bonds is 6. The van der Waals surface area contributed by atoms with Crippen LogP contribution >= 0.6 is 15.9 Å². The molecule has 1 aromatic heterocycles. The third-order valence-corrected chi connectivity index (χ3v) is 3.70. The highest BCUT2D eigenvalue weighted by molar-refractivity contribution is 9.10. The molecule has 20 heavy (non-hydrogen) atoms. The van der Waals surface area contributed by atoms with Gasteiger partial charge in [-0.2, -0.15) is 5.10 Å². The maximum Gasteiger partial charge on any atom is 0.164 e. The highest BCUT2D eigenvalue weighted by Gasteiger charge is 2.07. The van der Waals surface area contributed by atoms with E-state index < -0.39 is 0 Å². The molecule has 0 saturated carbocycles. The summed E-state index contributed by atoms with van der Waals surface area (Å²) in [6.07, 6.45) is 2.36. The van der Waals surface area contributed by atoms with Gasteiger partial charge >= 0.3 is 0 Å². The fraction of sp³-hybridized carbons (Fsp3) is 0.429. The molecule has 5 nitrogen and oxygen atoms in total. The van der Waals surface area contributed by atoms with Crippen molar-refractivity contribution in [2.24, 2.45) is 5.73 Å². The monoisotopic (exact) mass is 338 g/mol. The summed E-state index contributed by atoms with van der Waals surface area (Å²) in [6.45, 7) is 5.21. The SMILES string of the molecule is CCn1ncnc1COc1ccc(Br)c(CC(C)N)c1. The largest absolute Gasteiger partial charge is 0.486 e. The molecule has 1 unspecified atom stereocenters. The van der Waals surface area contributed by atoms with Crippen molar-refractivity contribution in [2.45, 2.75) is 39.5 Å². The second kappa shape index (κ2) is 6.85. The zero-order valence-corrected chi connectivity index (χ0v) is 13.3. The van der Waals surface area contributed by atoms with Gasteiger partial charge in [0.15, 0.2) is 5.82 Å². The molecule has 6 heteroatoms. The van der Waals surface area contributed by atoms with Gasteiger partial charge < -0.3 is 10.5 Å². The van der Waals surface area contributed by atoms with Crippen LogP contribution in [0.3, 0.4) is 0 Å². The minimum absolute atomic E-state index is 0.116. The molecule has 0 aliphatic rings. The molecule has 108 valence electrons. The number of benzene rings is 1. The molecule has 2 N–H and O–H groups in total. The lowest BCUT2D eigenvalue weighted by Crippen LogP contribution is -2.18. The Balaban J connectivity index is 2.06. The lowest BCUT2D eigenvalue weighted by Gasteiger charge is -2.11. The minimum atomic E-state index is 0.116. The fourth-order valence-electron chi connectivity index (χ4n) is 1.96. The van der Waals surface area contributed by atoms with Crippen LogP contribution in [0.4, 0.5) is 0 Å². The number of aromatic nitrogens is 3. The summed E-state index contributed by atoms with van der Waals surface area (Å²) >= 11 is 3.53. The summed E-state index contributed by atoms with van der Waals surface area (Å²) < 4.78 is 8.66. The molecule has 0 fully saturated rings. The second-order valence-corrected chi connectivity index (χ2v) is 5.57. The lowest BCUT2D eigenvalue weighted by molar-refractivity contribution is 0.287. The molecule has 0 bridgehead atoms. The minimum Gasteiger partial charge on any atom is -0.486 e. The molecule has 2 aromatic rings. The molecular formula is C14H19BrN4O. The van der Waals surface area contributed by atoms with Crippen molar-refractivity contribution in [3.63, 3.8) is 0 Å². The summed E-state index contributed by atoms with van der Waals surface area (Å²) in [6, 6.07) is 6.05. The molecule has 1 atom stereocenters. The summed E-state index contributed by atoms with van der Waals surface area (Å²) in [5, 5.41) is 4.12. The highest BCUT2D eigenvalue weighted by atomic mass is 79.9. The third-order valence-electron chi connectivity index (χ3n) is 2.92. The molecule has 0 saturated heterocycles. The molecule has 1 heterocycles. The average Bonchev–Trinajstić information content (AvgIpc) is 2.86. The number of nitrogens with zero attached hydrogens (tertiary/aromatic N) is 3. The van der Waals surface area contributed by atoms with Gasteiger partial charge in [-0.25, -0.2) is 9.67 Å². The van der Waals surface area contributed by atoms with E-state index in [1.807, 2.05) is 36.7 Å². The van der Waals surface area contributed by atoms with Gasteiger partial charge in [-0.05, 0) is 44.0 Å². The van der Waals surface area contributed by atoms with Crippen LogP contribution < -0.4 is 10.5 Å². The van der Waals surface area contributed by atoms with Crippen molar-refractivity contribution >= 4 is 15.9 Å². The Kier molecular flexibility index (Phi) is 5.14. The normalized spacial score (nSPS) is 12.4. The standard InChI is InChI=1S/C14H19BrN4O/c1-3-19-14(17-9-18-19)8-20-12-4-5-13(15)11(7-12)6-10(2)16/h4-5,7,9-10H,3,6,8,16H2,1-2H3. The number of halogens is 1. The maximum atomic E-state index is 5.85. The van der Waals surface area contributed by atoms with E-state index in [0.29, 0.717) is 6.61 Å². The Morgan fingerprint density at radius 1 is 1.45 bits per heavy atom. The molecule has 0 aliphatic heterocycles. The van der Waals surface area contributed by atoms with Crippen LogP contribution in [0.25, 0.3) is 0 Å². The third kappa shape index (κ3) is 3.80. The van der Waals surface area contributed by atoms with Crippen molar-refractivity contribution in [2.75, 3.05) is 0 Å². The van der Waals surface area contributed by atoms with Gasteiger partial charge in [-0.15, -0.1) is 0 Å². The van der Waals surface area contributed by atoms with Crippen LogP contribution in [0, 0.1) is 0 Å². The van der Waals surface area contributed by atoms with Gasteiger partial charge in [0.1, 0.15) is 18.7 Å². The molecule has 0 aliphatic carbocycles. The number of hydrogen-bond acceptors (Lipinski definition) is 4. The average molecular weight is 339 g/mol. The van der Waals surface area contributed by atoms with Crippen molar-refractivity contribution in [1.82, 2.24) is 14.8 Å². The van der Waals surface area contributed by atoms with Gasteiger partial charge in [0.25, 0.3) is 0 Å². The molecule has 1 aromatic carbocycles. The smallest absolute Gasteiger partial charge is 0.164 e. The van der Waals surface area contributed by atoms with Gasteiger partial charge in [0, 0.05) is 17.1 Å². The lowest BCUT2D eigenvalue weighted by atomic mass is 10.1. The Labute approximate surface area is 127 Å². The molecule has 0 radical (unpaired) electrons. The summed E-state index contributed by atoms with van der Waals surface area (Å²) in [4.78, 5) is 4.19. The van der Waals surface area contributed by atoms with Gasteiger partial charge in [0.05, 0.1) is 0 Å². The number of nitrogens with two attached hydrogens (primary N) is 1. The van der Waals surface area contributed by atoms with Crippen LogP contribution in [-0.4, -0.2) is 20.8 Å². The zero-order chi connectivity index (χ0) is 14.5. The Hall–Kier alpha value is -1.40. The number of hydrogen-bond donors (Lipinski definition) is 1. The Bertz CT molecular complexity index is 568. The van der Waals surface area contributed by atoms with E-state index in [9.17, 15) is 0 Å². The van der Waals surface area contributed by atoms with Gasteiger partial charge in [-0.3, -0.25) is 0 Å². The van der Waals surface area contributed by atoms with Gasteiger partial charge in [-0.1, -0.05) is 15.9 Å². The van der Waals surface area contributed by atoms with Gasteiger partial charge in [0.2, 0.25) is 0 Å². The predicted octanol–water partition coefficient (Wildman–Crippen LogP) is 2.53.